The Morgan fingerprint density at radius 1 is 1.26 bits per heavy atom. The number of anilines is 1. The lowest BCUT2D eigenvalue weighted by Gasteiger charge is -2.20. The van der Waals surface area contributed by atoms with Crippen molar-refractivity contribution in [1.29, 1.82) is 0 Å². The minimum atomic E-state index is -0.125. The van der Waals surface area contributed by atoms with Crippen LogP contribution in [0, 0.1) is 5.82 Å². The first-order valence-electron chi connectivity index (χ1n) is 9.09. The number of nitrogens with one attached hydrogen (secondary N) is 1. The summed E-state index contributed by atoms with van der Waals surface area (Å²) < 4.78 is 14.0. The molecular formula is C20H31FN2. The van der Waals surface area contributed by atoms with Gasteiger partial charge in [-0.2, -0.15) is 0 Å². The number of rotatable bonds is 9. The Bertz CT molecular complexity index is 510. The largest absolute Gasteiger partial charge is 0.372 e. The molecule has 0 unspecified atom stereocenters. The third-order valence-electron chi connectivity index (χ3n) is 4.61. The summed E-state index contributed by atoms with van der Waals surface area (Å²) in [6.07, 6.45) is 11.0. The average molecular weight is 318 g/mol. The van der Waals surface area contributed by atoms with Gasteiger partial charge in [0.2, 0.25) is 0 Å². The second-order valence-electron chi connectivity index (χ2n) is 6.60. The Kier molecular flexibility index (Phi) is 7.60. The van der Waals surface area contributed by atoms with Gasteiger partial charge in [-0.3, -0.25) is 0 Å². The van der Waals surface area contributed by atoms with E-state index in [1.165, 1.54) is 25.7 Å². The van der Waals surface area contributed by atoms with Gasteiger partial charge in [0.15, 0.2) is 0 Å². The van der Waals surface area contributed by atoms with Crippen LogP contribution in [0.15, 0.2) is 29.8 Å². The van der Waals surface area contributed by atoms with E-state index in [1.807, 2.05) is 24.1 Å². The average Bonchev–Trinajstić information content (AvgIpc) is 2.59. The predicted molar refractivity (Wildman–Crippen MR) is 97.5 cm³/mol. The number of benzene rings is 1. The summed E-state index contributed by atoms with van der Waals surface area (Å²) in [4.78, 5) is 2.02. The fourth-order valence-electron chi connectivity index (χ4n) is 3.09. The number of nitrogens with zero attached hydrogens (tertiary/aromatic N) is 1. The first-order valence-corrected chi connectivity index (χ1v) is 9.09. The van der Waals surface area contributed by atoms with Gasteiger partial charge in [-0.05, 0) is 62.8 Å². The smallest absolute Gasteiger partial charge is 0.146 e. The van der Waals surface area contributed by atoms with Crippen LogP contribution in [0.2, 0.25) is 0 Å². The molecule has 0 heterocycles. The van der Waals surface area contributed by atoms with Crippen molar-refractivity contribution in [3.63, 3.8) is 0 Å². The summed E-state index contributed by atoms with van der Waals surface area (Å²) in [7, 11) is 1.97. The summed E-state index contributed by atoms with van der Waals surface area (Å²) in [5, 5.41) is 3.50. The van der Waals surface area contributed by atoms with Crippen molar-refractivity contribution >= 4 is 5.69 Å². The van der Waals surface area contributed by atoms with E-state index >= 15 is 0 Å². The molecule has 128 valence electrons. The molecule has 0 saturated carbocycles. The van der Waals surface area contributed by atoms with E-state index in [1.54, 1.807) is 11.6 Å². The molecule has 0 amide bonds. The van der Waals surface area contributed by atoms with Crippen molar-refractivity contribution in [2.24, 2.45) is 0 Å². The van der Waals surface area contributed by atoms with Gasteiger partial charge in [0.1, 0.15) is 5.82 Å². The van der Waals surface area contributed by atoms with Gasteiger partial charge < -0.3 is 10.2 Å². The molecule has 0 saturated heterocycles. The maximum absolute atomic E-state index is 14.0. The van der Waals surface area contributed by atoms with E-state index in [-0.39, 0.29) is 5.82 Å². The quantitative estimate of drug-likeness (QED) is 0.507. The minimum absolute atomic E-state index is 0.125. The minimum Gasteiger partial charge on any atom is -0.372 e. The maximum atomic E-state index is 14.0. The Morgan fingerprint density at radius 2 is 2.13 bits per heavy atom. The van der Waals surface area contributed by atoms with Gasteiger partial charge >= 0.3 is 0 Å². The van der Waals surface area contributed by atoms with E-state index in [9.17, 15) is 4.39 Å². The van der Waals surface area contributed by atoms with Crippen LogP contribution in [0.3, 0.4) is 0 Å². The Balaban J connectivity index is 1.81. The number of halogens is 1. The normalized spacial score (nSPS) is 14.7. The first kappa shape index (κ1) is 18.0. The van der Waals surface area contributed by atoms with Crippen LogP contribution >= 0.6 is 0 Å². The molecule has 0 aliphatic heterocycles. The van der Waals surface area contributed by atoms with Gasteiger partial charge in [-0.1, -0.05) is 31.1 Å². The van der Waals surface area contributed by atoms with Crippen molar-refractivity contribution in [2.75, 3.05) is 25.0 Å². The number of unbranched alkanes of at least 4 members (excludes halogenated alkanes) is 1. The van der Waals surface area contributed by atoms with Crippen LogP contribution < -0.4 is 10.2 Å². The SMILES string of the molecule is CCCCN(C)c1cc(CNCCC2=CCCCC2)ccc1F. The second-order valence-corrected chi connectivity index (χ2v) is 6.60. The highest BCUT2D eigenvalue weighted by Crippen LogP contribution is 2.21. The molecule has 1 aliphatic carbocycles. The topological polar surface area (TPSA) is 15.3 Å². The summed E-state index contributed by atoms with van der Waals surface area (Å²) in [6, 6.07) is 5.47. The van der Waals surface area contributed by atoms with Crippen LogP contribution in [-0.4, -0.2) is 20.1 Å². The molecular weight excluding hydrogens is 287 g/mol. The van der Waals surface area contributed by atoms with E-state index in [0.29, 0.717) is 5.69 Å². The monoisotopic (exact) mass is 318 g/mol. The highest BCUT2D eigenvalue weighted by Gasteiger charge is 2.08. The van der Waals surface area contributed by atoms with Gasteiger partial charge in [-0.15, -0.1) is 0 Å². The standard InChI is InChI=1S/C20H31FN2/c1-3-4-14-23(2)20-15-18(10-11-19(20)21)16-22-13-12-17-8-6-5-7-9-17/h8,10-11,15,22H,3-7,9,12-14,16H2,1-2H3. The molecule has 0 aromatic heterocycles. The predicted octanol–water partition coefficient (Wildman–Crippen LogP) is 5.04. The molecule has 2 rings (SSSR count). The van der Waals surface area contributed by atoms with Gasteiger partial charge in [0, 0.05) is 20.1 Å². The Labute approximate surface area is 140 Å². The first-order chi connectivity index (χ1) is 11.2. The summed E-state index contributed by atoms with van der Waals surface area (Å²) in [5.74, 6) is -0.125. The molecule has 1 N–H and O–H groups in total. The lowest BCUT2D eigenvalue weighted by Crippen LogP contribution is -2.20. The molecule has 1 aromatic carbocycles. The third-order valence-corrected chi connectivity index (χ3v) is 4.61. The molecule has 1 aliphatic rings. The molecule has 0 bridgehead atoms. The van der Waals surface area contributed by atoms with E-state index < -0.39 is 0 Å². The van der Waals surface area contributed by atoms with Crippen LogP contribution in [0.4, 0.5) is 10.1 Å². The van der Waals surface area contributed by atoms with E-state index in [4.69, 9.17) is 0 Å². The summed E-state index contributed by atoms with van der Waals surface area (Å²) >= 11 is 0. The zero-order chi connectivity index (χ0) is 16.5. The molecule has 2 nitrogen and oxygen atoms in total. The third kappa shape index (κ3) is 5.98. The highest BCUT2D eigenvalue weighted by atomic mass is 19.1. The van der Waals surface area contributed by atoms with Crippen LogP contribution in [0.5, 0.6) is 0 Å². The van der Waals surface area contributed by atoms with Crippen LogP contribution in [0.1, 0.15) is 57.4 Å². The fraction of sp³-hybridized carbons (Fsp3) is 0.600. The Morgan fingerprint density at radius 3 is 2.87 bits per heavy atom. The molecule has 0 spiro atoms. The van der Waals surface area contributed by atoms with Gasteiger partial charge in [0.05, 0.1) is 5.69 Å². The molecule has 0 radical (unpaired) electrons. The number of allylic oxidation sites excluding steroid dienone is 1. The molecule has 0 atom stereocenters. The van der Waals surface area contributed by atoms with Crippen LogP contribution in [0.25, 0.3) is 0 Å². The Hall–Kier alpha value is -1.35. The van der Waals surface area contributed by atoms with E-state index in [0.717, 1.165) is 44.5 Å². The zero-order valence-corrected chi connectivity index (χ0v) is 14.7. The van der Waals surface area contributed by atoms with Crippen molar-refractivity contribution in [1.82, 2.24) is 5.32 Å². The fourth-order valence-corrected chi connectivity index (χ4v) is 3.09. The molecule has 23 heavy (non-hydrogen) atoms. The summed E-state index contributed by atoms with van der Waals surface area (Å²) in [5.41, 5.74) is 3.47. The van der Waals surface area contributed by atoms with Crippen LogP contribution in [-0.2, 0) is 6.54 Å². The molecule has 1 aromatic rings. The van der Waals surface area contributed by atoms with Crippen molar-refractivity contribution in [2.45, 2.75) is 58.4 Å². The van der Waals surface area contributed by atoms with Crippen molar-refractivity contribution < 1.29 is 4.39 Å². The maximum Gasteiger partial charge on any atom is 0.146 e. The molecule has 3 heteroatoms. The number of hydrogen-bond donors (Lipinski definition) is 1. The lowest BCUT2D eigenvalue weighted by atomic mass is 9.97. The van der Waals surface area contributed by atoms with E-state index in [2.05, 4.69) is 18.3 Å². The molecule has 0 fully saturated rings. The lowest BCUT2D eigenvalue weighted by molar-refractivity contribution is 0.614. The highest BCUT2D eigenvalue weighted by molar-refractivity contribution is 5.49. The summed E-state index contributed by atoms with van der Waals surface area (Å²) in [6.45, 7) is 4.87. The second kappa shape index (κ2) is 9.71. The van der Waals surface area contributed by atoms with Gasteiger partial charge in [0.25, 0.3) is 0 Å². The van der Waals surface area contributed by atoms with Gasteiger partial charge in [-0.25, -0.2) is 4.39 Å². The van der Waals surface area contributed by atoms with Crippen molar-refractivity contribution in [3.8, 4) is 0 Å². The number of hydrogen-bond acceptors (Lipinski definition) is 2. The van der Waals surface area contributed by atoms with Crippen molar-refractivity contribution in [3.05, 3.63) is 41.2 Å². The zero-order valence-electron chi connectivity index (χ0n) is 14.7.